The number of ether oxygens (including phenoxy) is 1. The molecule has 1 aromatic carbocycles. The predicted octanol–water partition coefficient (Wildman–Crippen LogP) is 5.98. The summed E-state index contributed by atoms with van der Waals surface area (Å²) in [5, 5.41) is 0. The highest BCUT2D eigenvalue weighted by atomic mass is 79.9. The van der Waals surface area contributed by atoms with Crippen molar-refractivity contribution in [3.63, 3.8) is 0 Å². The SMILES string of the molecule is Fc1cc(F)c(OC2CC(Br)C23CCCCCC3)c(Br)c1. The van der Waals surface area contributed by atoms with Crippen molar-refractivity contribution in [1.82, 2.24) is 0 Å². The third-order valence-corrected chi connectivity index (χ3v) is 6.82. The summed E-state index contributed by atoms with van der Waals surface area (Å²) in [6, 6.07) is 2.13. The molecule has 0 saturated heterocycles. The van der Waals surface area contributed by atoms with Crippen molar-refractivity contribution in [3.05, 3.63) is 28.2 Å². The highest BCUT2D eigenvalue weighted by molar-refractivity contribution is 9.10. The Balaban J connectivity index is 1.82. The van der Waals surface area contributed by atoms with E-state index in [4.69, 9.17) is 4.74 Å². The van der Waals surface area contributed by atoms with Gasteiger partial charge in [-0.05, 0) is 41.3 Å². The molecule has 1 aromatic rings. The smallest absolute Gasteiger partial charge is 0.169 e. The molecule has 2 aliphatic carbocycles. The lowest BCUT2D eigenvalue weighted by Crippen LogP contribution is -2.56. The van der Waals surface area contributed by atoms with E-state index < -0.39 is 11.6 Å². The lowest BCUT2D eigenvalue weighted by molar-refractivity contribution is -0.0484. The Morgan fingerprint density at radius 3 is 2.33 bits per heavy atom. The standard InChI is InChI=1S/C16H18Br2F2O/c17-11-7-10(19)8-12(20)15(11)21-14-9-13(18)16(14)5-3-1-2-4-6-16/h7-8,13-14H,1-6,9H2. The third-order valence-electron chi connectivity index (χ3n) is 4.94. The van der Waals surface area contributed by atoms with Crippen LogP contribution in [0.1, 0.15) is 44.9 Å². The van der Waals surface area contributed by atoms with Crippen LogP contribution in [0.5, 0.6) is 5.75 Å². The van der Waals surface area contributed by atoms with Crippen LogP contribution in [0, 0.1) is 17.0 Å². The molecule has 2 fully saturated rings. The van der Waals surface area contributed by atoms with Gasteiger partial charge in [-0.25, -0.2) is 8.78 Å². The van der Waals surface area contributed by atoms with Gasteiger partial charge in [0.05, 0.1) is 4.47 Å². The van der Waals surface area contributed by atoms with Gasteiger partial charge in [-0.15, -0.1) is 0 Å². The Morgan fingerprint density at radius 1 is 1.10 bits per heavy atom. The highest BCUT2D eigenvalue weighted by Crippen LogP contribution is 2.56. The molecule has 1 spiro atoms. The van der Waals surface area contributed by atoms with E-state index in [9.17, 15) is 8.78 Å². The van der Waals surface area contributed by atoms with Crippen molar-refractivity contribution < 1.29 is 13.5 Å². The molecule has 2 atom stereocenters. The zero-order valence-electron chi connectivity index (χ0n) is 11.7. The van der Waals surface area contributed by atoms with E-state index >= 15 is 0 Å². The van der Waals surface area contributed by atoms with Gasteiger partial charge < -0.3 is 4.74 Å². The minimum Gasteiger partial charge on any atom is -0.485 e. The number of alkyl halides is 1. The first-order valence-corrected chi connectivity index (χ1v) is 9.19. The first kappa shape index (κ1) is 15.7. The minimum atomic E-state index is -0.635. The van der Waals surface area contributed by atoms with E-state index in [1.54, 1.807) is 0 Å². The second-order valence-electron chi connectivity index (χ2n) is 6.16. The summed E-state index contributed by atoms with van der Waals surface area (Å²) in [5.74, 6) is -1.09. The quantitative estimate of drug-likeness (QED) is 0.531. The first-order valence-electron chi connectivity index (χ1n) is 7.48. The Bertz CT molecular complexity index is 504. The van der Waals surface area contributed by atoms with Gasteiger partial charge in [0, 0.05) is 16.3 Å². The molecular weight excluding hydrogens is 406 g/mol. The second-order valence-corrected chi connectivity index (χ2v) is 8.12. The third kappa shape index (κ3) is 2.88. The number of halogens is 4. The normalized spacial score (nSPS) is 28.0. The molecule has 0 aromatic heterocycles. The lowest BCUT2D eigenvalue weighted by Gasteiger charge is -2.53. The van der Waals surface area contributed by atoms with Gasteiger partial charge in [-0.2, -0.15) is 0 Å². The monoisotopic (exact) mass is 422 g/mol. The fourth-order valence-electron chi connectivity index (χ4n) is 3.67. The van der Waals surface area contributed by atoms with Gasteiger partial charge in [-0.1, -0.05) is 41.6 Å². The average Bonchev–Trinajstić information content (AvgIpc) is 2.69. The van der Waals surface area contributed by atoms with Crippen LogP contribution in [-0.2, 0) is 0 Å². The molecule has 3 rings (SSSR count). The molecule has 116 valence electrons. The molecule has 0 radical (unpaired) electrons. The summed E-state index contributed by atoms with van der Waals surface area (Å²) in [5.41, 5.74) is 0.108. The van der Waals surface area contributed by atoms with Crippen LogP contribution in [0.3, 0.4) is 0 Å². The maximum absolute atomic E-state index is 14.0. The van der Waals surface area contributed by atoms with Crippen LogP contribution in [0.25, 0.3) is 0 Å². The topological polar surface area (TPSA) is 9.23 Å². The maximum Gasteiger partial charge on any atom is 0.169 e. The van der Waals surface area contributed by atoms with Crippen LogP contribution < -0.4 is 4.74 Å². The largest absolute Gasteiger partial charge is 0.485 e. The Morgan fingerprint density at radius 2 is 1.76 bits per heavy atom. The highest BCUT2D eigenvalue weighted by Gasteiger charge is 2.55. The van der Waals surface area contributed by atoms with Crippen molar-refractivity contribution in [2.75, 3.05) is 0 Å². The van der Waals surface area contributed by atoms with E-state index in [2.05, 4.69) is 31.9 Å². The van der Waals surface area contributed by atoms with Crippen LogP contribution >= 0.6 is 31.9 Å². The lowest BCUT2D eigenvalue weighted by atomic mass is 9.61. The molecule has 0 heterocycles. The Kier molecular flexibility index (Phi) is 4.60. The fraction of sp³-hybridized carbons (Fsp3) is 0.625. The van der Waals surface area contributed by atoms with Gasteiger partial charge in [0.25, 0.3) is 0 Å². The van der Waals surface area contributed by atoms with Crippen molar-refractivity contribution in [2.24, 2.45) is 5.41 Å². The Labute approximate surface area is 140 Å². The van der Waals surface area contributed by atoms with E-state index in [-0.39, 0.29) is 17.3 Å². The summed E-state index contributed by atoms with van der Waals surface area (Å²) >= 11 is 6.98. The van der Waals surface area contributed by atoms with Gasteiger partial charge in [-0.3, -0.25) is 0 Å². The van der Waals surface area contributed by atoms with Crippen LogP contribution in [0.4, 0.5) is 8.78 Å². The van der Waals surface area contributed by atoms with Crippen LogP contribution in [0.2, 0.25) is 0 Å². The first-order chi connectivity index (χ1) is 10.0. The molecule has 21 heavy (non-hydrogen) atoms. The van der Waals surface area contributed by atoms with Gasteiger partial charge >= 0.3 is 0 Å². The van der Waals surface area contributed by atoms with E-state index in [0.29, 0.717) is 9.30 Å². The molecular formula is C16H18Br2F2O. The predicted molar refractivity (Wildman–Crippen MR) is 85.9 cm³/mol. The second kappa shape index (κ2) is 6.15. The average molecular weight is 424 g/mol. The molecule has 0 bridgehead atoms. The fourth-order valence-corrected chi connectivity index (χ4v) is 5.26. The Hall–Kier alpha value is -0.160. The summed E-state index contributed by atoms with van der Waals surface area (Å²) < 4.78 is 33.4. The number of hydrogen-bond donors (Lipinski definition) is 0. The molecule has 0 aliphatic heterocycles. The summed E-state index contributed by atoms with van der Waals surface area (Å²) in [7, 11) is 0. The van der Waals surface area contributed by atoms with Crippen molar-refractivity contribution in [2.45, 2.75) is 55.9 Å². The number of hydrogen-bond acceptors (Lipinski definition) is 1. The van der Waals surface area contributed by atoms with E-state index in [1.165, 1.54) is 31.7 Å². The summed E-state index contributed by atoms with van der Waals surface area (Å²) in [6.45, 7) is 0. The summed E-state index contributed by atoms with van der Waals surface area (Å²) in [6.07, 6.45) is 8.07. The van der Waals surface area contributed by atoms with Crippen molar-refractivity contribution in [3.8, 4) is 5.75 Å². The number of benzene rings is 1. The zero-order valence-corrected chi connectivity index (χ0v) is 14.9. The molecule has 1 nitrogen and oxygen atoms in total. The van der Waals surface area contributed by atoms with Gasteiger partial charge in [0.1, 0.15) is 11.9 Å². The van der Waals surface area contributed by atoms with Crippen LogP contribution in [-0.4, -0.2) is 10.9 Å². The molecule has 5 heteroatoms. The van der Waals surface area contributed by atoms with Crippen molar-refractivity contribution >= 4 is 31.9 Å². The van der Waals surface area contributed by atoms with E-state index in [0.717, 1.165) is 25.3 Å². The van der Waals surface area contributed by atoms with Crippen LogP contribution in [0.15, 0.2) is 16.6 Å². The molecule has 0 N–H and O–H groups in total. The summed E-state index contributed by atoms with van der Waals surface area (Å²) in [4.78, 5) is 0.440. The van der Waals surface area contributed by atoms with Gasteiger partial charge in [0.2, 0.25) is 0 Å². The molecule has 2 saturated carbocycles. The maximum atomic E-state index is 14.0. The van der Waals surface area contributed by atoms with Gasteiger partial charge in [0.15, 0.2) is 11.6 Å². The minimum absolute atomic E-state index is 0.0104. The number of rotatable bonds is 2. The molecule has 2 aliphatic rings. The molecule has 0 amide bonds. The molecule has 2 unspecified atom stereocenters. The van der Waals surface area contributed by atoms with E-state index in [1.807, 2.05) is 0 Å². The zero-order chi connectivity index (χ0) is 15.0. The van der Waals surface area contributed by atoms with Crippen molar-refractivity contribution in [1.29, 1.82) is 0 Å².